The van der Waals surface area contributed by atoms with Crippen LogP contribution in [0.25, 0.3) is 10.9 Å². The Morgan fingerprint density at radius 2 is 2.05 bits per heavy atom. The third-order valence-electron chi connectivity index (χ3n) is 3.49. The minimum absolute atomic E-state index is 0.125. The number of ether oxygens (including phenoxy) is 1. The van der Waals surface area contributed by atoms with E-state index in [1.54, 1.807) is 0 Å². The number of fused-ring (bicyclic) bond motifs is 1. The molecule has 0 saturated carbocycles. The summed E-state index contributed by atoms with van der Waals surface area (Å²) in [4.78, 5) is 4.42. The fraction of sp³-hybridized carbons (Fsp3) is 0.438. The highest BCUT2D eigenvalue weighted by Crippen LogP contribution is 2.32. The Morgan fingerprint density at radius 3 is 2.74 bits per heavy atom. The molecule has 1 heterocycles. The number of aromatic nitrogens is 1. The lowest BCUT2D eigenvalue weighted by Crippen LogP contribution is -2.40. The van der Waals surface area contributed by atoms with E-state index in [1.807, 2.05) is 32.3 Å². The Hall–Kier alpha value is -1.45. The lowest BCUT2D eigenvalue weighted by Gasteiger charge is -2.34. The average molecular weight is 258 g/mol. The van der Waals surface area contributed by atoms with Crippen LogP contribution in [0, 0.1) is 0 Å². The van der Waals surface area contributed by atoms with Gasteiger partial charge in [-0.3, -0.25) is 4.98 Å². The molecule has 1 atom stereocenters. The molecule has 102 valence electrons. The van der Waals surface area contributed by atoms with Crippen molar-refractivity contribution in [3.8, 4) is 0 Å². The molecular formula is C16H22N2O. The summed E-state index contributed by atoms with van der Waals surface area (Å²) >= 11 is 0. The molecule has 3 heteroatoms. The maximum absolute atomic E-state index is 5.90. The Bertz CT molecular complexity index is 546. The summed E-state index contributed by atoms with van der Waals surface area (Å²) in [5.41, 5.74) is 1.98. The van der Waals surface area contributed by atoms with Gasteiger partial charge < -0.3 is 10.1 Å². The molecule has 0 fully saturated rings. The standard InChI is InChI=1S/C16H22N2O/c1-5-19-16(2,3)15(17-4)13-8-6-10-14-12(13)9-7-11-18-14/h6-11,15,17H,5H2,1-4H3. The van der Waals surface area contributed by atoms with Crippen molar-refractivity contribution in [2.24, 2.45) is 0 Å². The van der Waals surface area contributed by atoms with Gasteiger partial charge in [-0.15, -0.1) is 0 Å². The molecule has 1 unspecified atom stereocenters. The molecular weight excluding hydrogens is 236 g/mol. The summed E-state index contributed by atoms with van der Waals surface area (Å²) in [6, 6.07) is 10.5. The number of nitrogens with one attached hydrogen (secondary N) is 1. The monoisotopic (exact) mass is 258 g/mol. The van der Waals surface area contributed by atoms with Crippen LogP contribution in [0.3, 0.4) is 0 Å². The molecule has 1 N–H and O–H groups in total. The third-order valence-corrected chi connectivity index (χ3v) is 3.49. The first-order chi connectivity index (χ1) is 9.10. The van der Waals surface area contributed by atoms with E-state index in [4.69, 9.17) is 4.74 Å². The van der Waals surface area contributed by atoms with Crippen molar-refractivity contribution >= 4 is 10.9 Å². The third kappa shape index (κ3) is 2.77. The van der Waals surface area contributed by atoms with E-state index in [0.29, 0.717) is 6.61 Å². The van der Waals surface area contributed by atoms with Gasteiger partial charge in [0.05, 0.1) is 17.2 Å². The first-order valence-corrected chi connectivity index (χ1v) is 6.75. The maximum atomic E-state index is 5.90. The quantitative estimate of drug-likeness (QED) is 0.893. The lowest BCUT2D eigenvalue weighted by atomic mass is 9.89. The molecule has 0 bridgehead atoms. The van der Waals surface area contributed by atoms with Crippen molar-refractivity contribution in [1.29, 1.82) is 0 Å². The van der Waals surface area contributed by atoms with Crippen LogP contribution in [-0.4, -0.2) is 24.2 Å². The molecule has 2 aromatic rings. The number of benzene rings is 1. The van der Waals surface area contributed by atoms with Crippen molar-refractivity contribution in [1.82, 2.24) is 10.3 Å². The molecule has 0 aliphatic rings. The van der Waals surface area contributed by atoms with E-state index in [1.165, 1.54) is 10.9 Å². The summed E-state index contributed by atoms with van der Waals surface area (Å²) in [5, 5.41) is 4.56. The van der Waals surface area contributed by atoms with Gasteiger partial charge in [0.2, 0.25) is 0 Å². The molecule has 1 aromatic heterocycles. The molecule has 0 aliphatic heterocycles. The van der Waals surface area contributed by atoms with Crippen LogP contribution in [0.5, 0.6) is 0 Å². The second-order valence-electron chi connectivity index (χ2n) is 5.18. The largest absolute Gasteiger partial charge is 0.374 e. The molecule has 3 nitrogen and oxygen atoms in total. The zero-order valence-corrected chi connectivity index (χ0v) is 12.1. The van der Waals surface area contributed by atoms with Gasteiger partial charge in [0, 0.05) is 18.2 Å². The summed E-state index contributed by atoms with van der Waals surface area (Å²) < 4.78 is 5.90. The van der Waals surface area contributed by atoms with Crippen molar-refractivity contribution < 1.29 is 4.74 Å². The van der Waals surface area contributed by atoms with Crippen LogP contribution in [0.4, 0.5) is 0 Å². The van der Waals surface area contributed by atoms with E-state index in [9.17, 15) is 0 Å². The fourth-order valence-corrected chi connectivity index (χ4v) is 2.71. The lowest BCUT2D eigenvalue weighted by molar-refractivity contribution is -0.0371. The van der Waals surface area contributed by atoms with Gasteiger partial charge in [0.1, 0.15) is 0 Å². The Morgan fingerprint density at radius 1 is 1.26 bits per heavy atom. The number of pyridine rings is 1. The first kappa shape index (κ1) is 14.0. The molecule has 0 radical (unpaired) electrons. The minimum atomic E-state index is -0.270. The number of rotatable bonds is 5. The van der Waals surface area contributed by atoms with E-state index >= 15 is 0 Å². The highest BCUT2D eigenvalue weighted by molar-refractivity contribution is 5.82. The molecule has 0 saturated heterocycles. The molecule has 0 spiro atoms. The van der Waals surface area contributed by atoms with Crippen molar-refractivity contribution in [3.63, 3.8) is 0 Å². The van der Waals surface area contributed by atoms with E-state index < -0.39 is 0 Å². The Balaban J connectivity index is 2.52. The highest BCUT2D eigenvalue weighted by atomic mass is 16.5. The van der Waals surface area contributed by atoms with E-state index in [0.717, 1.165) is 5.52 Å². The maximum Gasteiger partial charge on any atom is 0.0820 e. The van der Waals surface area contributed by atoms with Crippen LogP contribution in [0.15, 0.2) is 36.5 Å². The summed E-state index contributed by atoms with van der Waals surface area (Å²) in [5.74, 6) is 0. The number of likely N-dealkylation sites (N-methyl/N-ethyl adjacent to an activating group) is 1. The summed E-state index contributed by atoms with van der Waals surface area (Å²) in [7, 11) is 1.97. The van der Waals surface area contributed by atoms with Gasteiger partial charge >= 0.3 is 0 Å². The van der Waals surface area contributed by atoms with Gasteiger partial charge in [-0.05, 0) is 45.5 Å². The molecule has 0 aliphatic carbocycles. The predicted molar refractivity (Wildman–Crippen MR) is 79.2 cm³/mol. The number of hydrogen-bond donors (Lipinski definition) is 1. The fourth-order valence-electron chi connectivity index (χ4n) is 2.71. The van der Waals surface area contributed by atoms with Gasteiger partial charge in [0.25, 0.3) is 0 Å². The second-order valence-corrected chi connectivity index (χ2v) is 5.18. The molecule has 19 heavy (non-hydrogen) atoms. The first-order valence-electron chi connectivity index (χ1n) is 6.75. The van der Waals surface area contributed by atoms with Gasteiger partial charge in [-0.25, -0.2) is 0 Å². The molecule has 0 amide bonds. The van der Waals surface area contributed by atoms with Crippen LogP contribution < -0.4 is 5.32 Å². The van der Waals surface area contributed by atoms with Gasteiger partial charge in [-0.2, -0.15) is 0 Å². The minimum Gasteiger partial charge on any atom is -0.374 e. The highest BCUT2D eigenvalue weighted by Gasteiger charge is 2.31. The normalized spacial score (nSPS) is 13.7. The van der Waals surface area contributed by atoms with E-state index in [2.05, 4.69) is 42.3 Å². The van der Waals surface area contributed by atoms with Crippen molar-refractivity contribution in [2.45, 2.75) is 32.4 Å². The van der Waals surface area contributed by atoms with E-state index in [-0.39, 0.29) is 11.6 Å². The van der Waals surface area contributed by atoms with Crippen molar-refractivity contribution in [3.05, 3.63) is 42.1 Å². The molecule has 2 rings (SSSR count). The number of hydrogen-bond acceptors (Lipinski definition) is 3. The van der Waals surface area contributed by atoms with Gasteiger partial charge in [0.15, 0.2) is 0 Å². The number of nitrogens with zero attached hydrogens (tertiary/aromatic N) is 1. The predicted octanol–water partition coefficient (Wildman–Crippen LogP) is 3.31. The summed E-state index contributed by atoms with van der Waals surface area (Å²) in [6.45, 7) is 6.97. The molecule has 1 aromatic carbocycles. The van der Waals surface area contributed by atoms with Gasteiger partial charge in [-0.1, -0.05) is 18.2 Å². The SMILES string of the molecule is CCOC(C)(C)C(NC)c1cccc2ncccc12. The van der Waals surface area contributed by atoms with Crippen LogP contribution in [0.2, 0.25) is 0 Å². The van der Waals surface area contributed by atoms with Crippen LogP contribution in [-0.2, 0) is 4.74 Å². The topological polar surface area (TPSA) is 34.1 Å². The van der Waals surface area contributed by atoms with Crippen molar-refractivity contribution in [2.75, 3.05) is 13.7 Å². The zero-order chi connectivity index (χ0) is 13.9. The summed E-state index contributed by atoms with van der Waals surface area (Å²) in [6.07, 6.45) is 1.83. The zero-order valence-electron chi connectivity index (χ0n) is 12.1. The Kier molecular flexibility index (Phi) is 4.17. The Labute approximate surface area is 115 Å². The average Bonchev–Trinajstić information content (AvgIpc) is 2.39. The van der Waals surface area contributed by atoms with Crippen LogP contribution in [0.1, 0.15) is 32.4 Å². The van der Waals surface area contributed by atoms with Crippen LogP contribution >= 0.6 is 0 Å². The second kappa shape index (κ2) is 5.68. The smallest absolute Gasteiger partial charge is 0.0820 e.